The van der Waals surface area contributed by atoms with Crippen molar-refractivity contribution in [1.29, 1.82) is 0 Å². The van der Waals surface area contributed by atoms with Gasteiger partial charge in [0.1, 0.15) is 5.75 Å². The predicted octanol–water partition coefficient (Wildman–Crippen LogP) is 4.96. The van der Waals surface area contributed by atoms with Gasteiger partial charge in [0.25, 0.3) is 5.91 Å². The molecule has 136 valence electrons. The van der Waals surface area contributed by atoms with Crippen LogP contribution in [-0.4, -0.2) is 11.7 Å². The fourth-order valence-corrected chi connectivity index (χ4v) is 2.65. The van der Waals surface area contributed by atoms with E-state index in [2.05, 4.69) is 5.32 Å². The first-order valence-corrected chi connectivity index (χ1v) is 8.73. The Kier molecular flexibility index (Phi) is 5.67. The Balaban J connectivity index is 1.83. The summed E-state index contributed by atoms with van der Waals surface area (Å²) in [6.07, 6.45) is -0.810. The van der Waals surface area contributed by atoms with Crippen molar-refractivity contribution in [3.8, 4) is 5.75 Å². The minimum atomic E-state index is -0.810. The average Bonchev–Trinajstić information content (AvgIpc) is 2.69. The maximum Gasteiger partial charge on any atom is 0.270 e. The summed E-state index contributed by atoms with van der Waals surface area (Å²) in [5, 5.41) is 2.90. The highest BCUT2D eigenvalue weighted by molar-refractivity contribution is 5.95. The standard InChI is InChI=1S/C23H21NO3/c1-16-8-12-20(13-9-16)24-23(26)22(19-6-4-3-5-7-19)27-21-14-10-18(11-15-21)17(2)25/h3-15,22H,1-2H3,(H,24,26)/t22-/m0/s1. The quantitative estimate of drug-likeness (QED) is 0.633. The van der Waals surface area contributed by atoms with Gasteiger partial charge in [-0.2, -0.15) is 0 Å². The van der Waals surface area contributed by atoms with E-state index < -0.39 is 6.10 Å². The third kappa shape index (κ3) is 4.82. The third-order valence-corrected chi connectivity index (χ3v) is 4.17. The molecule has 0 aromatic heterocycles. The van der Waals surface area contributed by atoms with E-state index in [0.717, 1.165) is 11.1 Å². The zero-order valence-corrected chi connectivity index (χ0v) is 15.3. The molecule has 1 amide bonds. The van der Waals surface area contributed by atoms with Crippen LogP contribution in [0.1, 0.15) is 34.5 Å². The van der Waals surface area contributed by atoms with Gasteiger partial charge in [-0.3, -0.25) is 9.59 Å². The van der Waals surface area contributed by atoms with Crippen LogP contribution in [0.25, 0.3) is 0 Å². The van der Waals surface area contributed by atoms with E-state index in [1.807, 2.05) is 61.5 Å². The maximum absolute atomic E-state index is 12.9. The molecule has 27 heavy (non-hydrogen) atoms. The number of carbonyl (C=O) groups excluding carboxylic acids is 2. The minimum absolute atomic E-state index is 0.0155. The summed E-state index contributed by atoms with van der Waals surface area (Å²) >= 11 is 0. The number of rotatable bonds is 6. The molecule has 3 rings (SSSR count). The molecule has 0 saturated carbocycles. The highest BCUT2D eigenvalue weighted by Gasteiger charge is 2.23. The van der Waals surface area contributed by atoms with Crippen LogP contribution in [0, 0.1) is 6.92 Å². The van der Waals surface area contributed by atoms with Gasteiger partial charge in [0.15, 0.2) is 5.78 Å². The highest BCUT2D eigenvalue weighted by Crippen LogP contribution is 2.24. The number of hydrogen-bond donors (Lipinski definition) is 1. The lowest BCUT2D eigenvalue weighted by atomic mass is 10.1. The molecule has 3 aromatic rings. The second kappa shape index (κ2) is 8.32. The Hall–Kier alpha value is -3.40. The molecule has 0 aliphatic rings. The zero-order chi connectivity index (χ0) is 19.2. The van der Waals surface area contributed by atoms with Gasteiger partial charge in [0, 0.05) is 16.8 Å². The third-order valence-electron chi connectivity index (χ3n) is 4.17. The van der Waals surface area contributed by atoms with Crippen LogP contribution in [0.4, 0.5) is 5.69 Å². The van der Waals surface area contributed by atoms with Gasteiger partial charge in [-0.15, -0.1) is 0 Å². The second-order valence-corrected chi connectivity index (χ2v) is 6.34. The van der Waals surface area contributed by atoms with E-state index in [-0.39, 0.29) is 11.7 Å². The largest absolute Gasteiger partial charge is 0.476 e. The van der Waals surface area contributed by atoms with Gasteiger partial charge in [-0.25, -0.2) is 0 Å². The van der Waals surface area contributed by atoms with Crippen molar-refractivity contribution >= 4 is 17.4 Å². The SMILES string of the molecule is CC(=O)c1ccc(O[C@H](C(=O)Nc2ccc(C)cc2)c2ccccc2)cc1. The van der Waals surface area contributed by atoms with Gasteiger partial charge in [0.05, 0.1) is 0 Å². The van der Waals surface area contributed by atoms with E-state index in [4.69, 9.17) is 4.74 Å². The van der Waals surface area contributed by atoms with Crippen LogP contribution >= 0.6 is 0 Å². The number of ketones is 1. The molecular weight excluding hydrogens is 338 g/mol. The summed E-state index contributed by atoms with van der Waals surface area (Å²) < 4.78 is 5.97. The fourth-order valence-electron chi connectivity index (χ4n) is 2.65. The number of nitrogens with one attached hydrogen (secondary N) is 1. The molecule has 0 radical (unpaired) electrons. The lowest BCUT2D eigenvalue weighted by molar-refractivity contribution is -0.123. The Labute approximate surface area is 158 Å². The molecule has 0 saturated heterocycles. The van der Waals surface area contributed by atoms with Crippen molar-refractivity contribution in [3.63, 3.8) is 0 Å². The summed E-state index contributed by atoms with van der Waals surface area (Å²) in [6.45, 7) is 3.50. The molecule has 0 spiro atoms. The summed E-state index contributed by atoms with van der Waals surface area (Å²) in [4.78, 5) is 24.3. The molecule has 0 heterocycles. The number of ether oxygens (including phenoxy) is 1. The van der Waals surface area contributed by atoms with Crippen molar-refractivity contribution in [2.24, 2.45) is 0 Å². The molecule has 4 nitrogen and oxygen atoms in total. The monoisotopic (exact) mass is 359 g/mol. The van der Waals surface area contributed by atoms with Gasteiger partial charge >= 0.3 is 0 Å². The highest BCUT2D eigenvalue weighted by atomic mass is 16.5. The zero-order valence-electron chi connectivity index (χ0n) is 15.3. The van der Waals surface area contributed by atoms with E-state index in [1.54, 1.807) is 24.3 Å². The topological polar surface area (TPSA) is 55.4 Å². The van der Waals surface area contributed by atoms with Crippen LogP contribution in [0.2, 0.25) is 0 Å². The Morgan fingerprint density at radius 2 is 1.48 bits per heavy atom. The van der Waals surface area contributed by atoms with E-state index in [9.17, 15) is 9.59 Å². The first kappa shape index (κ1) is 18.4. The van der Waals surface area contributed by atoms with Crippen molar-refractivity contribution in [3.05, 3.63) is 95.6 Å². The number of anilines is 1. The van der Waals surface area contributed by atoms with Crippen LogP contribution < -0.4 is 10.1 Å². The predicted molar refractivity (Wildman–Crippen MR) is 106 cm³/mol. The Morgan fingerprint density at radius 1 is 0.852 bits per heavy atom. The molecule has 1 N–H and O–H groups in total. The minimum Gasteiger partial charge on any atom is -0.476 e. The van der Waals surface area contributed by atoms with Crippen LogP contribution in [-0.2, 0) is 4.79 Å². The Bertz CT molecular complexity index is 916. The first-order valence-electron chi connectivity index (χ1n) is 8.73. The number of benzene rings is 3. The van der Waals surface area contributed by atoms with Crippen LogP contribution in [0.15, 0.2) is 78.9 Å². The molecule has 0 fully saturated rings. The second-order valence-electron chi connectivity index (χ2n) is 6.34. The molecule has 1 atom stereocenters. The van der Waals surface area contributed by atoms with E-state index in [1.165, 1.54) is 6.92 Å². The van der Waals surface area contributed by atoms with E-state index in [0.29, 0.717) is 17.0 Å². The van der Waals surface area contributed by atoms with Gasteiger partial charge in [-0.05, 0) is 50.2 Å². The fraction of sp³-hybridized carbons (Fsp3) is 0.130. The van der Waals surface area contributed by atoms with Crippen molar-refractivity contribution in [1.82, 2.24) is 0 Å². The number of Topliss-reactive ketones (excluding diaryl/α,β-unsaturated/α-hetero) is 1. The normalized spacial score (nSPS) is 11.5. The maximum atomic E-state index is 12.9. The molecule has 0 aliphatic carbocycles. The summed E-state index contributed by atoms with van der Waals surface area (Å²) in [5.41, 5.74) is 3.18. The molecular formula is C23H21NO3. The number of carbonyl (C=O) groups is 2. The van der Waals surface area contributed by atoms with Crippen LogP contribution in [0.5, 0.6) is 5.75 Å². The molecule has 0 aliphatic heterocycles. The van der Waals surface area contributed by atoms with Crippen molar-refractivity contribution in [2.45, 2.75) is 20.0 Å². The molecule has 3 aromatic carbocycles. The molecule has 0 unspecified atom stereocenters. The lowest BCUT2D eigenvalue weighted by Gasteiger charge is -2.19. The first-order chi connectivity index (χ1) is 13.0. The summed E-state index contributed by atoms with van der Waals surface area (Å²) in [6, 6.07) is 23.7. The molecule has 0 bridgehead atoms. The summed E-state index contributed by atoms with van der Waals surface area (Å²) in [7, 11) is 0. The average molecular weight is 359 g/mol. The van der Waals surface area contributed by atoms with Crippen LogP contribution in [0.3, 0.4) is 0 Å². The Morgan fingerprint density at radius 3 is 2.07 bits per heavy atom. The summed E-state index contributed by atoms with van der Waals surface area (Å²) in [5.74, 6) is 0.242. The smallest absolute Gasteiger partial charge is 0.270 e. The van der Waals surface area contributed by atoms with Crippen molar-refractivity contribution in [2.75, 3.05) is 5.32 Å². The van der Waals surface area contributed by atoms with Crippen molar-refractivity contribution < 1.29 is 14.3 Å². The number of hydrogen-bond acceptors (Lipinski definition) is 3. The van der Waals surface area contributed by atoms with Gasteiger partial charge in [0.2, 0.25) is 6.10 Å². The lowest BCUT2D eigenvalue weighted by Crippen LogP contribution is -2.25. The molecule has 4 heteroatoms. The number of aryl methyl sites for hydroxylation is 1. The van der Waals surface area contributed by atoms with Gasteiger partial charge in [-0.1, -0.05) is 48.0 Å². The van der Waals surface area contributed by atoms with E-state index >= 15 is 0 Å². The van der Waals surface area contributed by atoms with Gasteiger partial charge < -0.3 is 10.1 Å². The number of amides is 1.